The second-order valence-electron chi connectivity index (χ2n) is 3.85. The summed E-state index contributed by atoms with van der Waals surface area (Å²) in [4.78, 5) is 12.4. The lowest BCUT2D eigenvalue weighted by atomic mass is 9.97. The SMILES string of the molecule is CCc1ccccc1C(=O)c1cccc(I)c1. The fourth-order valence-electron chi connectivity index (χ4n) is 1.84. The Hall–Kier alpha value is -1.16. The van der Waals surface area contributed by atoms with Crippen LogP contribution in [0.25, 0.3) is 0 Å². The fraction of sp³-hybridized carbons (Fsp3) is 0.133. The summed E-state index contributed by atoms with van der Waals surface area (Å²) in [6, 6.07) is 15.5. The molecule has 0 atom stereocenters. The van der Waals surface area contributed by atoms with Crippen molar-refractivity contribution in [2.45, 2.75) is 13.3 Å². The highest BCUT2D eigenvalue weighted by Gasteiger charge is 2.12. The predicted octanol–water partition coefficient (Wildman–Crippen LogP) is 4.08. The molecule has 0 aliphatic heterocycles. The van der Waals surface area contributed by atoms with Gasteiger partial charge >= 0.3 is 0 Å². The van der Waals surface area contributed by atoms with E-state index in [0.29, 0.717) is 0 Å². The molecular formula is C15H13IO. The summed E-state index contributed by atoms with van der Waals surface area (Å²) in [6.07, 6.45) is 0.881. The van der Waals surface area contributed by atoms with Crippen LogP contribution < -0.4 is 0 Å². The highest BCUT2D eigenvalue weighted by atomic mass is 127. The maximum Gasteiger partial charge on any atom is 0.193 e. The highest BCUT2D eigenvalue weighted by Crippen LogP contribution is 2.16. The van der Waals surface area contributed by atoms with Crippen molar-refractivity contribution in [3.05, 3.63) is 68.8 Å². The van der Waals surface area contributed by atoms with Gasteiger partial charge < -0.3 is 0 Å². The van der Waals surface area contributed by atoms with Crippen LogP contribution in [-0.2, 0) is 6.42 Å². The van der Waals surface area contributed by atoms with Crippen LogP contribution in [0.4, 0.5) is 0 Å². The summed E-state index contributed by atoms with van der Waals surface area (Å²) >= 11 is 2.22. The molecule has 0 aromatic heterocycles. The molecule has 2 heteroatoms. The number of rotatable bonds is 3. The summed E-state index contributed by atoms with van der Waals surface area (Å²) in [7, 11) is 0. The zero-order chi connectivity index (χ0) is 12.3. The van der Waals surface area contributed by atoms with Crippen molar-refractivity contribution in [2.24, 2.45) is 0 Å². The predicted molar refractivity (Wildman–Crippen MR) is 78.4 cm³/mol. The number of ketones is 1. The normalized spacial score (nSPS) is 10.2. The molecule has 86 valence electrons. The molecule has 1 nitrogen and oxygen atoms in total. The molecule has 2 aromatic rings. The van der Waals surface area contributed by atoms with Gasteiger partial charge in [0.15, 0.2) is 5.78 Å². The summed E-state index contributed by atoms with van der Waals surface area (Å²) in [5.74, 6) is 0.112. The Bertz CT molecular complexity index is 546. The smallest absolute Gasteiger partial charge is 0.193 e. The lowest BCUT2D eigenvalue weighted by molar-refractivity contribution is 0.103. The van der Waals surface area contributed by atoms with E-state index >= 15 is 0 Å². The quantitative estimate of drug-likeness (QED) is 0.610. The van der Waals surface area contributed by atoms with Gasteiger partial charge in [0.05, 0.1) is 0 Å². The topological polar surface area (TPSA) is 17.1 Å². The molecule has 0 saturated carbocycles. The molecule has 0 aliphatic carbocycles. The Kier molecular flexibility index (Phi) is 3.94. The maximum absolute atomic E-state index is 12.4. The zero-order valence-electron chi connectivity index (χ0n) is 9.61. The molecule has 2 aromatic carbocycles. The standard InChI is InChI=1S/C15H13IO/c1-2-11-6-3-4-9-14(11)15(17)12-7-5-8-13(16)10-12/h3-10H,2H2,1H3. The fourth-order valence-corrected chi connectivity index (χ4v) is 2.38. The molecular weight excluding hydrogens is 323 g/mol. The Labute approximate surface area is 115 Å². The van der Waals surface area contributed by atoms with E-state index < -0.39 is 0 Å². The largest absolute Gasteiger partial charge is 0.289 e. The number of carbonyl (C=O) groups excluding carboxylic acids is 1. The van der Waals surface area contributed by atoms with E-state index in [-0.39, 0.29) is 5.78 Å². The summed E-state index contributed by atoms with van der Waals surface area (Å²) in [6.45, 7) is 2.07. The molecule has 0 amide bonds. The van der Waals surface area contributed by atoms with Crippen LogP contribution >= 0.6 is 22.6 Å². The molecule has 0 heterocycles. The van der Waals surface area contributed by atoms with E-state index in [1.807, 2.05) is 48.5 Å². The van der Waals surface area contributed by atoms with Crippen LogP contribution in [0.3, 0.4) is 0 Å². The molecule has 0 fully saturated rings. The van der Waals surface area contributed by atoms with Crippen LogP contribution in [0, 0.1) is 3.57 Å². The summed E-state index contributed by atoms with van der Waals surface area (Å²) in [5.41, 5.74) is 2.69. The third-order valence-corrected chi connectivity index (χ3v) is 3.40. The molecule has 2 rings (SSSR count). The number of aryl methyl sites for hydroxylation is 1. The molecule has 0 bridgehead atoms. The monoisotopic (exact) mass is 336 g/mol. The van der Waals surface area contributed by atoms with Gasteiger partial charge in [0, 0.05) is 14.7 Å². The third kappa shape index (κ3) is 2.75. The lowest BCUT2D eigenvalue weighted by Crippen LogP contribution is -2.05. The highest BCUT2D eigenvalue weighted by molar-refractivity contribution is 14.1. The van der Waals surface area contributed by atoms with Crippen molar-refractivity contribution >= 4 is 28.4 Å². The van der Waals surface area contributed by atoms with E-state index in [1.54, 1.807) is 0 Å². The first kappa shape index (κ1) is 12.3. The number of carbonyl (C=O) groups is 1. The number of hydrogen-bond acceptors (Lipinski definition) is 1. The summed E-state index contributed by atoms with van der Waals surface area (Å²) in [5, 5.41) is 0. The molecule has 0 spiro atoms. The van der Waals surface area contributed by atoms with Crippen molar-refractivity contribution in [1.29, 1.82) is 0 Å². The van der Waals surface area contributed by atoms with E-state index in [0.717, 1.165) is 26.7 Å². The number of hydrogen-bond donors (Lipinski definition) is 0. The molecule has 0 N–H and O–H groups in total. The second-order valence-corrected chi connectivity index (χ2v) is 5.10. The van der Waals surface area contributed by atoms with Crippen molar-refractivity contribution in [2.75, 3.05) is 0 Å². The first-order valence-corrected chi connectivity index (χ1v) is 6.68. The van der Waals surface area contributed by atoms with Crippen molar-refractivity contribution in [1.82, 2.24) is 0 Å². The van der Waals surface area contributed by atoms with E-state index in [4.69, 9.17) is 0 Å². The van der Waals surface area contributed by atoms with Crippen LogP contribution in [0.15, 0.2) is 48.5 Å². The van der Waals surface area contributed by atoms with Crippen LogP contribution in [0.2, 0.25) is 0 Å². The Morgan fingerprint density at radius 1 is 1.12 bits per heavy atom. The molecule has 0 radical (unpaired) electrons. The van der Waals surface area contributed by atoms with Gasteiger partial charge in [0.25, 0.3) is 0 Å². The molecule has 0 unspecified atom stereocenters. The average Bonchev–Trinajstić information content (AvgIpc) is 2.38. The minimum atomic E-state index is 0.112. The van der Waals surface area contributed by atoms with Crippen LogP contribution in [-0.4, -0.2) is 5.78 Å². The summed E-state index contributed by atoms with van der Waals surface area (Å²) < 4.78 is 1.09. The molecule has 17 heavy (non-hydrogen) atoms. The van der Waals surface area contributed by atoms with Gasteiger partial charge in [-0.3, -0.25) is 4.79 Å². The van der Waals surface area contributed by atoms with Gasteiger partial charge in [-0.25, -0.2) is 0 Å². The van der Waals surface area contributed by atoms with Gasteiger partial charge in [-0.1, -0.05) is 43.3 Å². The van der Waals surface area contributed by atoms with Crippen LogP contribution in [0.1, 0.15) is 28.4 Å². The first-order valence-electron chi connectivity index (χ1n) is 5.60. The number of benzene rings is 2. The average molecular weight is 336 g/mol. The molecule has 0 aliphatic rings. The minimum absolute atomic E-state index is 0.112. The van der Waals surface area contributed by atoms with Crippen molar-refractivity contribution in [3.63, 3.8) is 0 Å². The zero-order valence-corrected chi connectivity index (χ0v) is 11.8. The van der Waals surface area contributed by atoms with Crippen molar-refractivity contribution in [3.8, 4) is 0 Å². The maximum atomic E-state index is 12.4. The van der Waals surface area contributed by atoms with Gasteiger partial charge in [0.2, 0.25) is 0 Å². The Morgan fingerprint density at radius 2 is 1.88 bits per heavy atom. The Morgan fingerprint density at radius 3 is 2.59 bits per heavy atom. The van der Waals surface area contributed by atoms with E-state index in [2.05, 4.69) is 29.5 Å². The first-order chi connectivity index (χ1) is 8.22. The van der Waals surface area contributed by atoms with Crippen LogP contribution in [0.5, 0.6) is 0 Å². The number of halogens is 1. The second kappa shape index (κ2) is 5.45. The van der Waals surface area contributed by atoms with Gasteiger partial charge in [0.1, 0.15) is 0 Å². The van der Waals surface area contributed by atoms with E-state index in [9.17, 15) is 4.79 Å². The van der Waals surface area contributed by atoms with Crippen molar-refractivity contribution < 1.29 is 4.79 Å². The minimum Gasteiger partial charge on any atom is -0.289 e. The van der Waals surface area contributed by atoms with E-state index in [1.165, 1.54) is 0 Å². The molecule has 0 saturated heterocycles. The lowest BCUT2D eigenvalue weighted by Gasteiger charge is -2.06. The van der Waals surface area contributed by atoms with Gasteiger partial charge in [-0.05, 0) is 46.7 Å². The van der Waals surface area contributed by atoms with Gasteiger partial charge in [-0.2, -0.15) is 0 Å². The van der Waals surface area contributed by atoms with Gasteiger partial charge in [-0.15, -0.1) is 0 Å². The Balaban J connectivity index is 2.44. The third-order valence-electron chi connectivity index (χ3n) is 2.73.